The monoisotopic (exact) mass is 256 g/mol. The standard InChI is InChI=1S/C9H9BrN2S/c1-2-12-8(3-4-11-12)9-5-7(10)6-13-9/h3-6H,2H2,1H3. The third kappa shape index (κ3) is 1.69. The highest BCUT2D eigenvalue weighted by Crippen LogP contribution is 2.29. The lowest BCUT2D eigenvalue weighted by molar-refractivity contribution is 0.668. The predicted octanol–water partition coefficient (Wildman–Crippen LogP) is 3.39. The molecule has 4 heteroatoms. The first kappa shape index (κ1) is 8.97. The van der Waals surface area contributed by atoms with E-state index in [0.29, 0.717) is 0 Å². The fraction of sp³-hybridized carbons (Fsp3) is 0.222. The first-order valence-electron chi connectivity index (χ1n) is 4.07. The summed E-state index contributed by atoms with van der Waals surface area (Å²) in [6.45, 7) is 3.01. The van der Waals surface area contributed by atoms with Crippen molar-refractivity contribution in [3.63, 3.8) is 0 Å². The number of aromatic nitrogens is 2. The van der Waals surface area contributed by atoms with Crippen molar-refractivity contribution in [1.82, 2.24) is 9.78 Å². The van der Waals surface area contributed by atoms with Crippen LogP contribution in [-0.2, 0) is 6.54 Å². The molecule has 13 heavy (non-hydrogen) atoms. The number of hydrogen-bond donors (Lipinski definition) is 0. The van der Waals surface area contributed by atoms with Crippen LogP contribution in [0.25, 0.3) is 10.6 Å². The van der Waals surface area contributed by atoms with Gasteiger partial charge in [-0.1, -0.05) is 0 Å². The molecule has 0 aliphatic rings. The van der Waals surface area contributed by atoms with E-state index < -0.39 is 0 Å². The first-order valence-corrected chi connectivity index (χ1v) is 5.74. The molecule has 2 rings (SSSR count). The molecule has 0 aliphatic heterocycles. The summed E-state index contributed by atoms with van der Waals surface area (Å²) in [5, 5.41) is 6.31. The lowest BCUT2D eigenvalue weighted by Gasteiger charge is -2.00. The van der Waals surface area contributed by atoms with Gasteiger partial charge in [0.2, 0.25) is 0 Å². The van der Waals surface area contributed by atoms with Crippen LogP contribution >= 0.6 is 27.3 Å². The molecule has 0 bridgehead atoms. The lowest BCUT2D eigenvalue weighted by atomic mass is 10.3. The minimum Gasteiger partial charge on any atom is -0.264 e. The van der Waals surface area contributed by atoms with Gasteiger partial charge in [0.1, 0.15) is 0 Å². The molecule has 0 aromatic carbocycles. The van der Waals surface area contributed by atoms with Crippen LogP contribution in [-0.4, -0.2) is 9.78 Å². The van der Waals surface area contributed by atoms with Crippen molar-refractivity contribution < 1.29 is 0 Å². The third-order valence-electron chi connectivity index (χ3n) is 1.84. The number of rotatable bonds is 2. The second kappa shape index (κ2) is 3.64. The topological polar surface area (TPSA) is 17.8 Å². The SMILES string of the molecule is CCn1nccc1-c1cc(Br)cs1. The van der Waals surface area contributed by atoms with Crippen molar-refractivity contribution >= 4 is 27.3 Å². The maximum absolute atomic E-state index is 4.23. The fourth-order valence-electron chi connectivity index (χ4n) is 1.24. The molecule has 2 aromatic heterocycles. The molecule has 0 fully saturated rings. The number of thiophene rings is 1. The molecule has 2 nitrogen and oxygen atoms in total. The van der Waals surface area contributed by atoms with Gasteiger partial charge >= 0.3 is 0 Å². The average molecular weight is 257 g/mol. The van der Waals surface area contributed by atoms with Crippen molar-refractivity contribution in [1.29, 1.82) is 0 Å². The highest BCUT2D eigenvalue weighted by molar-refractivity contribution is 9.10. The van der Waals surface area contributed by atoms with E-state index in [1.807, 2.05) is 16.9 Å². The second-order valence-corrected chi connectivity index (χ2v) is 4.49. The van der Waals surface area contributed by atoms with Gasteiger partial charge < -0.3 is 0 Å². The minimum absolute atomic E-state index is 0.915. The Morgan fingerprint density at radius 2 is 2.46 bits per heavy atom. The van der Waals surface area contributed by atoms with Gasteiger partial charge in [0.05, 0.1) is 10.6 Å². The van der Waals surface area contributed by atoms with Gasteiger partial charge in [0.25, 0.3) is 0 Å². The Morgan fingerprint density at radius 1 is 1.62 bits per heavy atom. The summed E-state index contributed by atoms with van der Waals surface area (Å²) in [4.78, 5) is 1.26. The molecule has 0 saturated heterocycles. The van der Waals surface area contributed by atoms with Crippen LogP contribution in [0.4, 0.5) is 0 Å². The molecule has 2 heterocycles. The Labute approximate surface area is 89.3 Å². The zero-order valence-corrected chi connectivity index (χ0v) is 9.60. The van der Waals surface area contributed by atoms with Crippen molar-refractivity contribution in [2.24, 2.45) is 0 Å². The Kier molecular flexibility index (Phi) is 2.51. The quantitative estimate of drug-likeness (QED) is 0.806. The van der Waals surface area contributed by atoms with E-state index in [-0.39, 0.29) is 0 Å². The fourth-order valence-corrected chi connectivity index (χ4v) is 2.70. The van der Waals surface area contributed by atoms with Gasteiger partial charge in [0.15, 0.2) is 0 Å². The van der Waals surface area contributed by atoms with Gasteiger partial charge in [-0.05, 0) is 35.0 Å². The second-order valence-electron chi connectivity index (χ2n) is 2.66. The van der Waals surface area contributed by atoms with Gasteiger partial charge in [0, 0.05) is 22.6 Å². The van der Waals surface area contributed by atoms with Crippen LogP contribution in [0.5, 0.6) is 0 Å². The Balaban J connectivity index is 2.45. The van der Waals surface area contributed by atoms with Crippen molar-refractivity contribution in [2.75, 3.05) is 0 Å². The molecule has 68 valence electrons. The average Bonchev–Trinajstić information content (AvgIpc) is 2.71. The molecule has 0 spiro atoms. The largest absolute Gasteiger partial charge is 0.264 e. The highest BCUT2D eigenvalue weighted by Gasteiger charge is 2.05. The van der Waals surface area contributed by atoms with Gasteiger partial charge in [-0.25, -0.2) is 0 Å². The molecule has 2 aromatic rings. The molecule has 0 unspecified atom stereocenters. The summed E-state index contributed by atoms with van der Waals surface area (Å²) in [6, 6.07) is 4.16. The molecule has 0 atom stereocenters. The van der Waals surface area contributed by atoms with Crippen LogP contribution in [0, 0.1) is 0 Å². The molecule has 0 radical (unpaired) electrons. The van der Waals surface area contributed by atoms with Crippen LogP contribution in [0.1, 0.15) is 6.92 Å². The van der Waals surface area contributed by atoms with E-state index >= 15 is 0 Å². The zero-order chi connectivity index (χ0) is 9.26. The van der Waals surface area contributed by atoms with E-state index in [2.05, 4.69) is 39.4 Å². The Bertz CT molecular complexity index is 405. The van der Waals surface area contributed by atoms with E-state index in [4.69, 9.17) is 0 Å². The summed E-state index contributed by atoms with van der Waals surface area (Å²) in [5.74, 6) is 0. The summed E-state index contributed by atoms with van der Waals surface area (Å²) < 4.78 is 3.13. The van der Waals surface area contributed by atoms with E-state index in [1.165, 1.54) is 10.6 Å². The van der Waals surface area contributed by atoms with Gasteiger partial charge in [-0.3, -0.25) is 4.68 Å². The summed E-state index contributed by atoms with van der Waals surface area (Å²) >= 11 is 5.17. The maximum Gasteiger partial charge on any atom is 0.0782 e. The highest BCUT2D eigenvalue weighted by atomic mass is 79.9. The maximum atomic E-state index is 4.23. The molecule has 0 saturated carbocycles. The third-order valence-corrected chi connectivity index (χ3v) is 3.55. The van der Waals surface area contributed by atoms with Crippen LogP contribution < -0.4 is 0 Å². The molecular formula is C9H9BrN2S. The van der Waals surface area contributed by atoms with Crippen molar-refractivity contribution in [3.8, 4) is 10.6 Å². The smallest absolute Gasteiger partial charge is 0.0782 e. The van der Waals surface area contributed by atoms with Crippen molar-refractivity contribution in [2.45, 2.75) is 13.5 Å². The van der Waals surface area contributed by atoms with E-state index in [0.717, 1.165) is 11.0 Å². The van der Waals surface area contributed by atoms with Crippen LogP contribution in [0.2, 0.25) is 0 Å². The van der Waals surface area contributed by atoms with Crippen molar-refractivity contribution in [3.05, 3.63) is 28.2 Å². The van der Waals surface area contributed by atoms with Crippen LogP contribution in [0.15, 0.2) is 28.2 Å². The number of halogens is 1. The lowest BCUT2D eigenvalue weighted by Crippen LogP contribution is -1.97. The van der Waals surface area contributed by atoms with Crippen LogP contribution in [0.3, 0.4) is 0 Å². The normalized spacial score (nSPS) is 10.6. The predicted molar refractivity (Wildman–Crippen MR) is 58.9 cm³/mol. The number of aryl methyl sites for hydroxylation is 1. The summed E-state index contributed by atoms with van der Waals surface area (Å²) in [7, 11) is 0. The Morgan fingerprint density at radius 3 is 3.08 bits per heavy atom. The summed E-state index contributed by atoms with van der Waals surface area (Å²) in [6.07, 6.45) is 1.84. The minimum atomic E-state index is 0.915. The number of hydrogen-bond acceptors (Lipinski definition) is 2. The Hall–Kier alpha value is -0.610. The van der Waals surface area contributed by atoms with Gasteiger partial charge in [-0.15, -0.1) is 11.3 Å². The molecule has 0 aliphatic carbocycles. The number of nitrogens with zero attached hydrogens (tertiary/aromatic N) is 2. The van der Waals surface area contributed by atoms with Gasteiger partial charge in [-0.2, -0.15) is 5.10 Å². The molecule has 0 amide bonds. The zero-order valence-electron chi connectivity index (χ0n) is 7.20. The first-order chi connectivity index (χ1) is 6.31. The van der Waals surface area contributed by atoms with E-state index in [9.17, 15) is 0 Å². The molecular weight excluding hydrogens is 248 g/mol. The van der Waals surface area contributed by atoms with E-state index in [1.54, 1.807) is 11.3 Å². The molecule has 0 N–H and O–H groups in total. The summed E-state index contributed by atoms with van der Waals surface area (Å²) in [5.41, 5.74) is 1.19.